The van der Waals surface area contributed by atoms with Crippen molar-refractivity contribution in [2.24, 2.45) is 28.6 Å². The Bertz CT molecular complexity index is 317. The molecule has 0 saturated heterocycles. The second-order valence-corrected chi connectivity index (χ2v) is 7.90. The Morgan fingerprint density at radius 2 is 1.62 bits per heavy atom. The van der Waals surface area contributed by atoms with E-state index < -0.39 is 0 Å². The van der Waals surface area contributed by atoms with Gasteiger partial charge in [0.1, 0.15) is 0 Å². The second-order valence-electron chi connectivity index (χ2n) is 7.90. The lowest BCUT2D eigenvalue weighted by atomic mass is 9.41. The zero-order valence-corrected chi connectivity index (χ0v) is 11.2. The van der Waals surface area contributed by atoms with Crippen molar-refractivity contribution in [3.05, 3.63) is 0 Å². The van der Waals surface area contributed by atoms with Crippen LogP contribution < -0.4 is 0 Å². The van der Waals surface area contributed by atoms with Crippen molar-refractivity contribution in [2.75, 3.05) is 0 Å². The summed E-state index contributed by atoms with van der Waals surface area (Å²) < 4.78 is 0. The van der Waals surface area contributed by atoms with Crippen LogP contribution in [-0.2, 0) is 0 Å². The second kappa shape index (κ2) is 2.85. The van der Waals surface area contributed by atoms with Gasteiger partial charge in [0, 0.05) is 0 Å². The highest BCUT2D eigenvalue weighted by molar-refractivity contribution is 5.14. The summed E-state index contributed by atoms with van der Waals surface area (Å²) in [6.07, 6.45) is 6.27. The molecule has 0 radical (unpaired) electrons. The maximum absolute atomic E-state index is 10.6. The van der Waals surface area contributed by atoms with E-state index in [9.17, 15) is 5.11 Å². The van der Waals surface area contributed by atoms with Crippen LogP contribution in [0.4, 0.5) is 0 Å². The quantitative estimate of drug-likeness (QED) is 0.664. The van der Waals surface area contributed by atoms with Gasteiger partial charge in [-0.3, -0.25) is 0 Å². The maximum Gasteiger partial charge on any atom is 0.0653 e. The molecule has 3 rings (SSSR count). The van der Waals surface area contributed by atoms with E-state index >= 15 is 0 Å². The summed E-state index contributed by atoms with van der Waals surface area (Å²) in [4.78, 5) is 0. The Hall–Kier alpha value is -0.0400. The Balaban J connectivity index is 1.93. The van der Waals surface area contributed by atoms with Gasteiger partial charge in [-0.05, 0) is 67.6 Å². The van der Waals surface area contributed by atoms with Crippen LogP contribution in [0, 0.1) is 28.6 Å². The van der Waals surface area contributed by atoms with Crippen molar-refractivity contribution in [3.63, 3.8) is 0 Å². The molecule has 0 spiro atoms. The molecule has 0 amide bonds. The first-order chi connectivity index (χ1) is 7.27. The summed E-state index contributed by atoms with van der Waals surface area (Å²) in [5.41, 5.74) is 0.606. The Morgan fingerprint density at radius 1 is 0.938 bits per heavy atom. The summed E-state index contributed by atoms with van der Waals surface area (Å²) in [6, 6.07) is 0. The molecule has 0 aromatic carbocycles. The van der Waals surface area contributed by atoms with Gasteiger partial charge in [-0.15, -0.1) is 0 Å². The smallest absolute Gasteiger partial charge is 0.0653 e. The first-order valence-corrected chi connectivity index (χ1v) is 7.00. The molecule has 0 aromatic rings. The largest absolute Gasteiger partial charge is 0.390 e. The van der Waals surface area contributed by atoms with Gasteiger partial charge < -0.3 is 5.11 Å². The van der Waals surface area contributed by atoms with Gasteiger partial charge >= 0.3 is 0 Å². The molecule has 1 nitrogen and oxygen atoms in total. The molecule has 92 valence electrons. The van der Waals surface area contributed by atoms with Gasteiger partial charge in [-0.1, -0.05) is 20.8 Å². The molecule has 0 heterocycles. The third kappa shape index (κ3) is 1.16. The topological polar surface area (TPSA) is 20.2 Å². The van der Waals surface area contributed by atoms with E-state index in [0.717, 1.165) is 18.3 Å². The Labute approximate surface area is 99.6 Å². The van der Waals surface area contributed by atoms with Crippen molar-refractivity contribution >= 4 is 0 Å². The average Bonchev–Trinajstić information content (AvgIpc) is 2.13. The standard InChI is InChI=1S/C15H26O/c1-13(2)9-11-10(13)5-8-15(4,16)12-6-7-14(11,12)3/h10-12,16H,5-9H2,1-4H3/t10-,11-,12-,14+,15-/m0/s1. The number of aliphatic hydroxyl groups is 1. The molecule has 3 aliphatic carbocycles. The van der Waals surface area contributed by atoms with Gasteiger partial charge in [0.15, 0.2) is 0 Å². The fourth-order valence-electron chi connectivity index (χ4n) is 5.36. The monoisotopic (exact) mass is 222 g/mol. The SMILES string of the molecule is CC1(C)C[C@H]2[C@@H]1CC[C@](C)(O)[C@H]1CC[C@]21C. The van der Waals surface area contributed by atoms with Gasteiger partial charge in [-0.25, -0.2) is 0 Å². The normalized spacial score (nSPS) is 58.7. The van der Waals surface area contributed by atoms with Crippen LogP contribution >= 0.6 is 0 Å². The number of hydrogen-bond donors (Lipinski definition) is 1. The van der Waals surface area contributed by atoms with Crippen LogP contribution in [0.3, 0.4) is 0 Å². The summed E-state index contributed by atoms with van der Waals surface area (Å²) in [6.45, 7) is 9.39. The lowest BCUT2D eigenvalue weighted by Gasteiger charge is -2.64. The van der Waals surface area contributed by atoms with Crippen LogP contribution in [0.5, 0.6) is 0 Å². The van der Waals surface area contributed by atoms with Crippen molar-refractivity contribution in [3.8, 4) is 0 Å². The maximum atomic E-state index is 10.6. The zero-order chi connectivity index (χ0) is 11.8. The van der Waals surface area contributed by atoms with Gasteiger partial charge in [0.25, 0.3) is 0 Å². The highest BCUT2D eigenvalue weighted by atomic mass is 16.3. The highest BCUT2D eigenvalue weighted by Crippen LogP contribution is 2.70. The minimum absolute atomic E-state index is 0.388. The molecule has 5 atom stereocenters. The summed E-state index contributed by atoms with van der Waals surface area (Å²) in [5, 5.41) is 10.6. The third-order valence-corrected chi connectivity index (χ3v) is 6.56. The Morgan fingerprint density at radius 3 is 2.12 bits per heavy atom. The predicted molar refractivity (Wildman–Crippen MR) is 66.1 cm³/mol. The molecule has 0 aromatic heterocycles. The fraction of sp³-hybridized carbons (Fsp3) is 1.00. The zero-order valence-electron chi connectivity index (χ0n) is 11.2. The van der Waals surface area contributed by atoms with E-state index in [-0.39, 0.29) is 5.60 Å². The highest BCUT2D eigenvalue weighted by Gasteiger charge is 2.64. The van der Waals surface area contributed by atoms with Crippen LogP contribution in [-0.4, -0.2) is 10.7 Å². The molecule has 1 N–H and O–H groups in total. The summed E-state index contributed by atoms with van der Waals surface area (Å²) in [7, 11) is 0. The third-order valence-electron chi connectivity index (χ3n) is 6.56. The molecule has 1 heteroatoms. The van der Waals surface area contributed by atoms with E-state index in [1.807, 2.05) is 0 Å². The van der Waals surface area contributed by atoms with Gasteiger partial charge in [0.05, 0.1) is 5.60 Å². The minimum Gasteiger partial charge on any atom is -0.390 e. The molecular weight excluding hydrogens is 196 g/mol. The molecule has 16 heavy (non-hydrogen) atoms. The van der Waals surface area contributed by atoms with Crippen molar-refractivity contribution in [1.82, 2.24) is 0 Å². The fourth-order valence-corrected chi connectivity index (χ4v) is 5.36. The van der Waals surface area contributed by atoms with E-state index in [2.05, 4.69) is 27.7 Å². The van der Waals surface area contributed by atoms with Crippen molar-refractivity contribution < 1.29 is 5.11 Å². The van der Waals surface area contributed by atoms with Crippen LogP contribution in [0.25, 0.3) is 0 Å². The molecule has 3 fully saturated rings. The molecule has 3 aliphatic rings. The van der Waals surface area contributed by atoms with E-state index in [1.54, 1.807) is 0 Å². The van der Waals surface area contributed by atoms with E-state index in [1.165, 1.54) is 25.7 Å². The number of hydrogen-bond acceptors (Lipinski definition) is 1. The lowest BCUT2D eigenvalue weighted by molar-refractivity contribution is -0.176. The minimum atomic E-state index is -0.388. The van der Waals surface area contributed by atoms with E-state index in [4.69, 9.17) is 0 Å². The molecular formula is C15H26O. The van der Waals surface area contributed by atoms with Crippen LogP contribution in [0.2, 0.25) is 0 Å². The lowest BCUT2D eigenvalue weighted by Crippen LogP contribution is -2.58. The van der Waals surface area contributed by atoms with Gasteiger partial charge in [-0.2, -0.15) is 0 Å². The van der Waals surface area contributed by atoms with Crippen LogP contribution in [0.15, 0.2) is 0 Å². The first-order valence-electron chi connectivity index (χ1n) is 7.00. The van der Waals surface area contributed by atoms with Crippen molar-refractivity contribution in [1.29, 1.82) is 0 Å². The van der Waals surface area contributed by atoms with Crippen molar-refractivity contribution in [2.45, 2.75) is 65.4 Å². The average molecular weight is 222 g/mol. The number of rotatable bonds is 0. The van der Waals surface area contributed by atoms with E-state index in [0.29, 0.717) is 16.7 Å². The molecule has 3 saturated carbocycles. The Kier molecular flexibility index (Phi) is 1.98. The molecule has 0 bridgehead atoms. The summed E-state index contributed by atoms with van der Waals surface area (Å²) in [5.74, 6) is 2.34. The van der Waals surface area contributed by atoms with Crippen LogP contribution in [0.1, 0.15) is 59.8 Å². The molecule has 0 unspecified atom stereocenters. The summed E-state index contributed by atoms with van der Waals surface area (Å²) >= 11 is 0. The number of fused-ring (bicyclic) bond motifs is 3. The first kappa shape index (κ1) is 11.1. The van der Waals surface area contributed by atoms with Gasteiger partial charge in [0.2, 0.25) is 0 Å². The molecule has 0 aliphatic heterocycles. The predicted octanol–water partition coefficient (Wildman–Crippen LogP) is 3.61.